The molecule has 0 atom stereocenters. The van der Waals surface area contributed by atoms with E-state index in [0.29, 0.717) is 6.42 Å². The van der Waals surface area contributed by atoms with Crippen LogP contribution in [-0.4, -0.2) is 30.4 Å². The number of hydrogen-bond acceptors (Lipinski definition) is 3. The highest BCUT2D eigenvalue weighted by Gasteiger charge is 2.17. The highest BCUT2D eigenvalue weighted by atomic mass is 35.5. The van der Waals surface area contributed by atoms with Crippen molar-refractivity contribution in [2.75, 3.05) is 13.6 Å². The van der Waals surface area contributed by atoms with E-state index < -0.39 is 0 Å². The maximum atomic E-state index is 12.0. The van der Waals surface area contributed by atoms with Gasteiger partial charge in [-0.1, -0.05) is 0 Å². The van der Waals surface area contributed by atoms with E-state index in [1.54, 1.807) is 11.3 Å². The second-order valence-corrected chi connectivity index (χ2v) is 5.85. The Bertz CT molecular complexity index is 366. The fraction of sp³-hybridized carbons (Fsp3) is 0.615. The van der Waals surface area contributed by atoms with Crippen LogP contribution in [0.4, 0.5) is 0 Å². The SMILES string of the molecule is CNCCC(=O)N(Cc1ccc(C)s1)C(C)C.Cl. The van der Waals surface area contributed by atoms with E-state index >= 15 is 0 Å². The molecule has 0 aliphatic rings. The molecule has 1 rings (SSSR count). The van der Waals surface area contributed by atoms with Gasteiger partial charge in [0, 0.05) is 28.8 Å². The lowest BCUT2D eigenvalue weighted by molar-refractivity contribution is -0.133. The Balaban J connectivity index is 0.00000289. The highest BCUT2D eigenvalue weighted by Crippen LogP contribution is 2.18. The molecule has 0 unspecified atom stereocenters. The molecule has 0 saturated heterocycles. The summed E-state index contributed by atoms with van der Waals surface area (Å²) in [6.45, 7) is 7.70. The molecule has 0 spiro atoms. The number of halogens is 1. The predicted octanol–water partition coefficient (Wildman–Crippen LogP) is 2.82. The minimum atomic E-state index is 0. The van der Waals surface area contributed by atoms with E-state index in [4.69, 9.17) is 0 Å². The van der Waals surface area contributed by atoms with Crippen molar-refractivity contribution >= 4 is 29.7 Å². The maximum Gasteiger partial charge on any atom is 0.224 e. The first-order valence-corrected chi connectivity index (χ1v) is 6.85. The molecule has 0 aromatic carbocycles. The standard InChI is InChI=1S/C13H22N2OS.ClH/c1-10(2)15(13(16)7-8-14-4)9-12-6-5-11(3)17-12;/h5-6,10,14H,7-9H2,1-4H3;1H. The predicted molar refractivity (Wildman–Crippen MR) is 80.5 cm³/mol. The van der Waals surface area contributed by atoms with Crippen LogP contribution in [0.25, 0.3) is 0 Å². The Morgan fingerprint density at radius 1 is 1.44 bits per heavy atom. The van der Waals surface area contributed by atoms with Crippen LogP contribution in [-0.2, 0) is 11.3 Å². The molecule has 0 bridgehead atoms. The van der Waals surface area contributed by atoms with E-state index in [1.165, 1.54) is 9.75 Å². The number of carbonyl (C=O) groups excluding carboxylic acids is 1. The third-order valence-corrected chi connectivity index (χ3v) is 3.64. The molecule has 0 aliphatic carbocycles. The van der Waals surface area contributed by atoms with Crippen molar-refractivity contribution in [1.82, 2.24) is 10.2 Å². The van der Waals surface area contributed by atoms with Crippen molar-refractivity contribution in [3.05, 3.63) is 21.9 Å². The zero-order valence-corrected chi connectivity index (χ0v) is 13.2. The lowest BCUT2D eigenvalue weighted by Gasteiger charge is -2.26. The number of thiophene rings is 1. The molecule has 0 fully saturated rings. The Labute approximate surface area is 120 Å². The van der Waals surface area contributed by atoms with Gasteiger partial charge in [0.25, 0.3) is 0 Å². The van der Waals surface area contributed by atoms with E-state index in [9.17, 15) is 4.79 Å². The van der Waals surface area contributed by atoms with Crippen LogP contribution >= 0.6 is 23.7 Å². The second-order valence-electron chi connectivity index (χ2n) is 4.48. The molecule has 0 aliphatic heterocycles. The molecule has 104 valence electrons. The van der Waals surface area contributed by atoms with Gasteiger partial charge in [-0.05, 0) is 40.0 Å². The molecule has 0 saturated carbocycles. The first-order valence-electron chi connectivity index (χ1n) is 6.04. The number of aryl methyl sites for hydroxylation is 1. The van der Waals surface area contributed by atoms with E-state index in [1.807, 2.05) is 11.9 Å². The minimum absolute atomic E-state index is 0. The minimum Gasteiger partial charge on any atom is -0.335 e. The average Bonchev–Trinajstić information content (AvgIpc) is 2.68. The van der Waals surface area contributed by atoms with Gasteiger partial charge in [0.1, 0.15) is 0 Å². The fourth-order valence-electron chi connectivity index (χ4n) is 1.67. The van der Waals surface area contributed by atoms with Crippen LogP contribution in [0.3, 0.4) is 0 Å². The number of nitrogens with zero attached hydrogens (tertiary/aromatic N) is 1. The van der Waals surface area contributed by atoms with Gasteiger partial charge in [0.05, 0.1) is 6.54 Å². The van der Waals surface area contributed by atoms with Gasteiger partial charge in [-0.2, -0.15) is 0 Å². The number of amides is 1. The lowest BCUT2D eigenvalue weighted by Crippen LogP contribution is -2.37. The smallest absolute Gasteiger partial charge is 0.224 e. The number of nitrogens with one attached hydrogen (secondary N) is 1. The van der Waals surface area contributed by atoms with Crippen LogP contribution < -0.4 is 5.32 Å². The topological polar surface area (TPSA) is 32.3 Å². The highest BCUT2D eigenvalue weighted by molar-refractivity contribution is 7.11. The van der Waals surface area contributed by atoms with Gasteiger partial charge in [-0.3, -0.25) is 4.79 Å². The van der Waals surface area contributed by atoms with Gasteiger partial charge in [0.2, 0.25) is 5.91 Å². The first kappa shape index (κ1) is 17.4. The zero-order chi connectivity index (χ0) is 12.8. The summed E-state index contributed by atoms with van der Waals surface area (Å²) in [5.74, 6) is 0.223. The summed E-state index contributed by atoms with van der Waals surface area (Å²) >= 11 is 1.77. The van der Waals surface area contributed by atoms with Gasteiger partial charge < -0.3 is 10.2 Å². The van der Waals surface area contributed by atoms with Crippen LogP contribution in [0.5, 0.6) is 0 Å². The fourth-order valence-corrected chi connectivity index (χ4v) is 2.56. The van der Waals surface area contributed by atoms with Crippen molar-refractivity contribution in [2.45, 2.75) is 39.8 Å². The third-order valence-electron chi connectivity index (χ3n) is 2.65. The van der Waals surface area contributed by atoms with E-state index in [0.717, 1.165) is 13.1 Å². The molecular weight excluding hydrogens is 268 g/mol. The van der Waals surface area contributed by atoms with Gasteiger partial charge >= 0.3 is 0 Å². The number of carbonyl (C=O) groups is 1. The molecule has 1 heterocycles. The largest absolute Gasteiger partial charge is 0.335 e. The van der Waals surface area contributed by atoms with Crippen molar-refractivity contribution in [2.24, 2.45) is 0 Å². The number of rotatable bonds is 6. The molecule has 1 amide bonds. The monoisotopic (exact) mass is 290 g/mol. The van der Waals surface area contributed by atoms with Crippen LogP contribution in [0.1, 0.15) is 30.0 Å². The summed E-state index contributed by atoms with van der Waals surface area (Å²) in [7, 11) is 1.87. The normalized spacial score (nSPS) is 10.3. The van der Waals surface area contributed by atoms with Crippen molar-refractivity contribution in [3.63, 3.8) is 0 Å². The van der Waals surface area contributed by atoms with E-state index in [-0.39, 0.29) is 24.4 Å². The molecule has 1 aromatic rings. The molecule has 3 nitrogen and oxygen atoms in total. The molecule has 5 heteroatoms. The molecular formula is C13H23ClN2OS. The Morgan fingerprint density at radius 2 is 2.11 bits per heavy atom. The van der Waals surface area contributed by atoms with Gasteiger partial charge in [0.15, 0.2) is 0 Å². The third kappa shape index (κ3) is 5.38. The average molecular weight is 291 g/mol. The molecule has 1 N–H and O–H groups in total. The summed E-state index contributed by atoms with van der Waals surface area (Å²) in [5.41, 5.74) is 0. The Morgan fingerprint density at radius 3 is 2.56 bits per heavy atom. The Hall–Kier alpha value is -0.580. The Kier molecular flexibility index (Phi) is 8.24. The van der Waals surface area contributed by atoms with Crippen molar-refractivity contribution in [3.8, 4) is 0 Å². The van der Waals surface area contributed by atoms with Crippen LogP contribution in [0, 0.1) is 6.92 Å². The van der Waals surface area contributed by atoms with E-state index in [2.05, 4.69) is 38.2 Å². The van der Waals surface area contributed by atoms with Crippen molar-refractivity contribution < 1.29 is 4.79 Å². The maximum absolute atomic E-state index is 12.0. The summed E-state index contributed by atoms with van der Waals surface area (Å²) in [4.78, 5) is 16.5. The van der Waals surface area contributed by atoms with Gasteiger partial charge in [-0.15, -0.1) is 23.7 Å². The quantitative estimate of drug-likeness (QED) is 0.874. The molecule has 0 radical (unpaired) electrons. The summed E-state index contributed by atoms with van der Waals surface area (Å²) in [6.07, 6.45) is 0.568. The van der Waals surface area contributed by atoms with Crippen LogP contribution in [0.2, 0.25) is 0 Å². The zero-order valence-electron chi connectivity index (χ0n) is 11.5. The van der Waals surface area contributed by atoms with Crippen LogP contribution in [0.15, 0.2) is 12.1 Å². The molecule has 1 aromatic heterocycles. The summed E-state index contributed by atoms with van der Waals surface area (Å²) < 4.78 is 0. The lowest BCUT2D eigenvalue weighted by atomic mass is 10.2. The number of hydrogen-bond donors (Lipinski definition) is 1. The van der Waals surface area contributed by atoms with Gasteiger partial charge in [-0.25, -0.2) is 0 Å². The first-order chi connectivity index (χ1) is 8.04. The summed E-state index contributed by atoms with van der Waals surface area (Å²) in [6, 6.07) is 4.47. The van der Waals surface area contributed by atoms with Crippen molar-refractivity contribution in [1.29, 1.82) is 0 Å². The second kappa shape index (κ2) is 8.51. The molecule has 18 heavy (non-hydrogen) atoms. The summed E-state index contributed by atoms with van der Waals surface area (Å²) in [5, 5.41) is 3.02.